The fraction of sp³-hybridized carbons (Fsp3) is 0.700. The second-order valence-electron chi connectivity index (χ2n) is 2.93. The lowest BCUT2D eigenvalue weighted by Gasteiger charge is -2.05. The molecule has 1 aliphatic heterocycles. The SMILES string of the molecule is C=CN1CCCC1=O.OCCOCCO. The Morgan fingerprint density at radius 2 is 2.00 bits per heavy atom. The van der Waals surface area contributed by atoms with Crippen molar-refractivity contribution in [1.82, 2.24) is 4.90 Å². The third-order valence-corrected chi connectivity index (χ3v) is 1.80. The number of rotatable bonds is 5. The topological polar surface area (TPSA) is 70.0 Å². The molecule has 0 bridgehead atoms. The number of aliphatic hydroxyl groups is 2. The summed E-state index contributed by atoms with van der Waals surface area (Å²) >= 11 is 0. The molecule has 0 aromatic rings. The van der Waals surface area contributed by atoms with Gasteiger partial charge in [-0.25, -0.2) is 0 Å². The fourth-order valence-corrected chi connectivity index (χ4v) is 1.09. The van der Waals surface area contributed by atoms with Gasteiger partial charge >= 0.3 is 0 Å². The zero-order chi connectivity index (χ0) is 11.5. The highest BCUT2D eigenvalue weighted by molar-refractivity contribution is 5.78. The average molecular weight is 217 g/mol. The average Bonchev–Trinajstić information content (AvgIpc) is 2.66. The standard InChI is InChI=1S/C6H9NO.C4H10O3/c1-2-7-5-3-4-6(7)8;5-1-3-7-4-2-6/h2H,1,3-5H2;5-6H,1-4H2. The quantitative estimate of drug-likeness (QED) is 0.622. The minimum Gasteiger partial charge on any atom is -0.394 e. The van der Waals surface area contributed by atoms with Crippen LogP contribution in [0.4, 0.5) is 0 Å². The minimum atomic E-state index is 0.0278. The van der Waals surface area contributed by atoms with Crippen LogP contribution in [0.1, 0.15) is 12.8 Å². The van der Waals surface area contributed by atoms with Gasteiger partial charge in [0.15, 0.2) is 0 Å². The third-order valence-electron chi connectivity index (χ3n) is 1.80. The van der Waals surface area contributed by atoms with Gasteiger partial charge in [0.1, 0.15) is 0 Å². The molecule has 1 saturated heterocycles. The molecule has 0 spiro atoms. The van der Waals surface area contributed by atoms with Gasteiger partial charge in [-0.3, -0.25) is 4.79 Å². The number of carbonyl (C=O) groups is 1. The number of hydrogen-bond acceptors (Lipinski definition) is 4. The highest BCUT2D eigenvalue weighted by Gasteiger charge is 2.15. The fourth-order valence-electron chi connectivity index (χ4n) is 1.09. The molecule has 0 atom stereocenters. The van der Waals surface area contributed by atoms with Crippen LogP contribution in [-0.4, -0.2) is 54.0 Å². The molecule has 1 aliphatic rings. The Bertz CT molecular complexity index is 180. The van der Waals surface area contributed by atoms with Crippen molar-refractivity contribution in [1.29, 1.82) is 0 Å². The molecule has 5 nitrogen and oxygen atoms in total. The van der Waals surface area contributed by atoms with Crippen molar-refractivity contribution in [3.63, 3.8) is 0 Å². The monoisotopic (exact) mass is 217 g/mol. The van der Waals surface area contributed by atoms with Gasteiger partial charge in [-0.1, -0.05) is 6.58 Å². The number of carbonyl (C=O) groups excluding carboxylic acids is 1. The first-order valence-electron chi connectivity index (χ1n) is 4.97. The van der Waals surface area contributed by atoms with Crippen molar-refractivity contribution >= 4 is 5.91 Å². The molecule has 1 fully saturated rings. The zero-order valence-electron chi connectivity index (χ0n) is 8.89. The number of hydrogen-bond donors (Lipinski definition) is 2. The maximum absolute atomic E-state index is 10.7. The largest absolute Gasteiger partial charge is 0.394 e. The van der Waals surface area contributed by atoms with E-state index in [1.54, 1.807) is 11.1 Å². The first-order valence-corrected chi connectivity index (χ1v) is 4.97. The number of aliphatic hydroxyl groups excluding tert-OH is 2. The Morgan fingerprint density at radius 1 is 1.40 bits per heavy atom. The molecule has 1 heterocycles. The molecular formula is C10H19NO4. The van der Waals surface area contributed by atoms with Crippen LogP contribution in [0.5, 0.6) is 0 Å². The van der Waals surface area contributed by atoms with Crippen molar-refractivity contribution in [2.45, 2.75) is 12.8 Å². The van der Waals surface area contributed by atoms with Crippen LogP contribution < -0.4 is 0 Å². The predicted octanol–water partition coefficient (Wildman–Crippen LogP) is -0.260. The molecule has 0 aromatic heterocycles. The molecule has 1 rings (SSSR count). The van der Waals surface area contributed by atoms with Crippen LogP contribution in [-0.2, 0) is 9.53 Å². The van der Waals surface area contributed by atoms with Crippen molar-refractivity contribution in [3.05, 3.63) is 12.8 Å². The van der Waals surface area contributed by atoms with Crippen LogP contribution in [0.2, 0.25) is 0 Å². The number of amides is 1. The van der Waals surface area contributed by atoms with E-state index in [1.807, 2.05) is 0 Å². The molecule has 2 N–H and O–H groups in total. The van der Waals surface area contributed by atoms with Gasteiger partial charge in [-0.2, -0.15) is 0 Å². The minimum absolute atomic E-state index is 0.0278. The smallest absolute Gasteiger partial charge is 0.226 e. The summed E-state index contributed by atoms with van der Waals surface area (Å²) in [5, 5.41) is 16.2. The second-order valence-corrected chi connectivity index (χ2v) is 2.93. The van der Waals surface area contributed by atoms with E-state index in [9.17, 15) is 4.79 Å². The molecule has 0 radical (unpaired) electrons. The van der Waals surface area contributed by atoms with Gasteiger partial charge < -0.3 is 19.8 Å². The molecule has 5 heteroatoms. The van der Waals surface area contributed by atoms with E-state index in [2.05, 4.69) is 11.3 Å². The van der Waals surface area contributed by atoms with Crippen LogP contribution in [0, 0.1) is 0 Å². The molecular weight excluding hydrogens is 198 g/mol. The summed E-state index contributed by atoms with van der Waals surface area (Å²) < 4.78 is 4.63. The predicted molar refractivity (Wildman–Crippen MR) is 56.1 cm³/mol. The van der Waals surface area contributed by atoms with Gasteiger partial charge in [-0.15, -0.1) is 0 Å². The van der Waals surface area contributed by atoms with Gasteiger partial charge in [0.25, 0.3) is 0 Å². The van der Waals surface area contributed by atoms with Crippen LogP contribution in [0.3, 0.4) is 0 Å². The third kappa shape index (κ3) is 7.07. The summed E-state index contributed by atoms with van der Waals surface area (Å²) in [6, 6.07) is 0. The normalized spacial score (nSPS) is 14.8. The van der Waals surface area contributed by atoms with E-state index >= 15 is 0 Å². The van der Waals surface area contributed by atoms with Crippen molar-refractivity contribution in [2.75, 3.05) is 33.0 Å². The summed E-state index contributed by atoms with van der Waals surface area (Å²) in [7, 11) is 0. The number of nitrogens with zero attached hydrogens (tertiary/aromatic N) is 1. The molecule has 1 amide bonds. The first kappa shape index (κ1) is 14.1. The maximum atomic E-state index is 10.7. The van der Waals surface area contributed by atoms with Crippen molar-refractivity contribution < 1.29 is 19.7 Å². The summed E-state index contributed by atoms with van der Waals surface area (Å²) in [5.74, 6) is 0.208. The molecule has 88 valence electrons. The Hall–Kier alpha value is -0.910. The second kappa shape index (κ2) is 9.64. The summed E-state index contributed by atoms with van der Waals surface area (Å²) in [4.78, 5) is 12.3. The molecule has 0 unspecified atom stereocenters. The number of ether oxygens (including phenoxy) is 1. The lowest BCUT2D eigenvalue weighted by atomic mass is 10.4. The van der Waals surface area contributed by atoms with E-state index in [-0.39, 0.29) is 19.1 Å². The molecule has 0 saturated carbocycles. The van der Waals surface area contributed by atoms with E-state index in [4.69, 9.17) is 10.2 Å². The van der Waals surface area contributed by atoms with Gasteiger partial charge in [-0.05, 0) is 12.6 Å². The van der Waals surface area contributed by atoms with E-state index < -0.39 is 0 Å². The highest BCUT2D eigenvalue weighted by atomic mass is 16.5. The van der Waals surface area contributed by atoms with Gasteiger partial charge in [0.2, 0.25) is 5.91 Å². The Balaban J connectivity index is 0.000000265. The Labute approximate surface area is 90.0 Å². The summed E-state index contributed by atoms with van der Waals surface area (Å²) in [6.07, 6.45) is 3.28. The molecule has 15 heavy (non-hydrogen) atoms. The lowest BCUT2D eigenvalue weighted by Crippen LogP contribution is -2.16. The van der Waals surface area contributed by atoms with E-state index in [1.165, 1.54) is 0 Å². The van der Waals surface area contributed by atoms with Gasteiger partial charge in [0, 0.05) is 13.0 Å². The van der Waals surface area contributed by atoms with Crippen LogP contribution >= 0.6 is 0 Å². The highest BCUT2D eigenvalue weighted by Crippen LogP contribution is 2.08. The van der Waals surface area contributed by atoms with Crippen LogP contribution in [0.15, 0.2) is 12.8 Å². The maximum Gasteiger partial charge on any atom is 0.226 e. The van der Waals surface area contributed by atoms with Crippen LogP contribution in [0.25, 0.3) is 0 Å². The lowest BCUT2D eigenvalue weighted by molar-refractivity contribution is -0.125. The Morgan fingerprint density at radius 3 is 2.27 bits per heavy atom. The molecule has 0 aliphatic carbocycles. The Kier molecular flexibility index (Phi) is 9.05. The molecule has 0 aromatic carbocycles. The zero-order valence-corrected chi connectivity index (χ0v) is 8.89. The van der Waals surface area contributed by atoms with Crippen molar-refractivity contribution in [3.8, 4) is 0 Å². The van der Waals surface area contributed by atoms with E-state index in [0.29, 0.717) is 19.6 Å². The summed E-state index contributed by atoms with van der Waals surface area (Å²) in [5.41, 5.74) is 0. The van der Waals surface area contributed by atoms with Gasteiger partial charge in [0.05, 0.1) is 26.4 Å². The van der Waals surface area contributed by atoms with E-state index in [0.717, 1.165) is 13.0 Å². The number of likely N-dealkylation sites (tertiary alicyclic amines) is 1. The first-order chi connectivity index (χ1) is 7.26. The summed E-state index contributed by atoms with van der Waals surface area (Å²) in [6.45, 7) is 5.06. The van der Waals surface area contributed by atoms with Crippen molar-refractivity contribution in [2.24, 2.45) is 0 Å².